The number of hydrogen-bond donors (Lipinski definition) is 1. The van der Waals surface area contributed by atoms with Gasteiger partial charge in [-0.15, -0.1) is 0 Å². The maximum Gasteiger partial charge on any atom is 0.277 e. The minimum atomic E-state index is -0.236. The highest BCUT2D eigenvalue weighted by Crippen LogP contribution is 2.15. The van der Waals surface area contributed by atoms with E-state index in [0.29, 0.717) is 5.52 Å². The van der Waals surface area contributed by atoms with Crippen LogP contribution in [0.3, 0.4) is 0 Å². The molecule has 2 heterocycles. The van der Waals surface area contributed by atoms with E-state index in [2.05, 4.69) is 10.4 Å². The van der Waals surface area contributed by atoms with Crippen LogP contribution in [0.25, 0.3) is 10.9 Å². The summed E-state index contributed by atoms with van der Waals surface area (Å²) < 4.78 is 2.97. The Hall–Kier alpha value is -2.89. The van der Waals surface area contributed by atoms with E-state index in [1.54, 1.807) is 17.9 Å². The Balaban J connectivity index is 1.87. The Morgan fingerprint density at radius 3 is 2.50 bits per heavy atom. The van der Waals surface area contributed by atoms with Gasteiger partial charge in [-0.25, -0.2) is 0 Å². The predicted molar refractivity (Wildman–Crippen MR) is 94.3 cm³/mol. The van der Waals surface area contributed by atoms with Gasteiger partial charge in [-0.1, -0.05) is 6.07 Å². The van der Waals surface area contributed by atoms with Crippen molar-refractivity contribution in [2.75, 3.05) is 5.32 Å². The van der Waals surface area contributed by atoms with Crippen LogP contribution in [0.5, 0.6) is 0 Å². The standard InChI is InChI=1S/C18H20N4O2/c1-11-7-12(2)9-14(8-11)19-16(23)10-22-6-5-15-13(3)20-21(4)17(15)18(22)24/h5-9H,10H2,1-4H3,(H,19,23). The Morgan fingerprint density at radius 1 is 1.17 bits per heavy atom. The average Bonchev–Trinajstić information content (AvgIpc) is 2.76. The molecule has 0 atom stereocenters. The van der Waals surface area contributed by atoms with Crippen molar-refractivity contribution in [1.82, 2.24) is 14.3 Å². The number of nitrogens with one attached hydrogen (secondary N) is 1. The lowest BCUT2D eigenvalue weighted by molar-refractivity contribution is -0.116. The number of amides is 1. The molecule has 0 aliphatic rings. The summed E-state index contributed by atoms with van der Waals surface area (Å²) in [6, 6.07) is 7.67. The topological polar surface area (TPSA) is 68.9 Å². The third kappa shape index (κ3) is 2.95. The highest BCUT2D eigenvalue weighted by Gasteiger charge is 2.12. The van der Waals surface area contributed by atoms with E-state index in [1.165, 1.54) is 4.57 Å². The van der Waals surface area contributed by atoms with E-state index in [0.717, 1.165) is 27.9 Å². The highest BCUT2D eigenvalue weighted by atomic mass is 16.2. The number of anilines is 1. The molecule has 0 fully saturated rings. The molecule has 3 rings (SSSR count). The van der Waals surface area contributed by atoms with Crippen LogP contribution in [0.2, 0.25) is 0 Å². The highest BCUT2D eigenvalue weighted by molar-refractivity contribution is 5.91. The van der Waals surface area contributed by atoms with Gasteiger partial charge in [-0.05, 0) is 50.1 Å². The van der Waals surface area contributed by atoms with Crippen molar-refractivity contribution in [1.29, 1.82) is 0 Å². The number of fused-ring (bicyclic) bond motifs is 1. The van der Waals surface area contributed by atoms with Gasteiger partial charge in [0.05, 0.1) is 5.69 Å². The quantitative estimate of drug-likeness (QED) is 0.804. The molecule has 0 aliphatic carbocycles. The first-order chi connectivity index (χ1) is 11.3. The fourth-order valence-corrected chi connectivity index (χ4v) is 3.02. The zero-order valence-electron chi connectivity index (χ0n) is 14.3. The van der Waals surface area contributed by atoms with Crippen LogP contribution in [0.15, 0.2) is 35.3 Å². The summed E-state index contributed by atoms with van der Waals surface area (Å²) in [7, 11) is 1.73. The minimum absolute atomic E-state index is 0.0357. The maximum absolute atomic E-state index is 12.6. The van der Waals surface area contributed by atoms with Gasteiger partial charge >= 0.3 is 0 Å². The van der Waals surface area contributed by atoms with Crippen molar-refractivity contribution in [3.05, 3.63) is 57.6 Å². The summed E-state index contributed by atoms with van der Waals surface area (Å²) in [5, 5.41) is 7.92. The van der Waals surface area contributed by atoms with Crippen molar-refractivity contribution in [3.8, 4) is 0 Å². The van der Waals surface area contributed by atoms with E-state index in [1.807, 2.05) is 45.0 Å². The van der Waals surface area contributed by atoms with Gasteiger partial charge in [-0.3, -0.25) is 14.3 Å². The van der Waals surface area contributed by atoms with Gasteiger partial charge in [-0.2, -0.15) is 5.10 Å². The lowest BCUT2D eigenvalue weighted by Gasteiger charge is -2.09. The van der Waals surface area contributed by atoms with Gasteiger partial charge < -0.3 is 9.88 Å². The summed E-state index contributed by atoms with van der Waals surface area (Å²) in [5.74, 6) is -0.236. The van der Waals surface area contributed by atoms with Crippen LogP contribution in [-0.4, -0.2) is 20.3 Å². The van der Waals surface area contributed by atoms with Crippen molar-refractivity contribution in [2.45, 2.75) is 27.3 Å². The minimum Gasteiger partial charge on any atom is -0.325 e. The first kappa shape index (κ1) is 16.0. The van der Waals surface area contributed by atoms with E-state index in [4.69, 9.17) is 0 Å². The molecule has 6 nitrogen and oxygen atoms in total. The molecular weight excluding hydrogens is 304 g/mol. The molecular formula is C18H20N4O2. The van der Waals surface area contributed by atoms with Crippen LogP contribution in [-0.2, 0) is 18.4 Å². The molecule has 0 unspecified atom stereocenters. The SMILES string of the molecule is Cc1cc(C)cc(NC(=O)Cn2ccc3c(C)nn(C)c3c2=O)c1. The van der Waals surface area contributed by atoms with Crippen LogP contribution in [0.1, 0.15) is 16.8 Å². The van der Waals surface area contributed by atoms with Crippen LogP contribution >= 0.6 is 0 Å². The molecule has 2 aromatic heterocycles. The molecule has 0 saturated heterocycles. The van der Waals surface area contributed by atoms with Gasteiger partial charge in [0.15, 0.2) is 0 Å². The zero-order chi connectivity index (χ0) is 17.4. The molecule has 6 heteroatoms. The largest absolute Gasteiger partial charge is 0.325 e. The number of benzene rings is 1. The zero-order valence-corrected chi connectivity index (χ0v) is 14.3. The molecule has 0 radical (unpaired) electrons. The van der Waals surface area contributed by atoms with Crippen LogP contribution in [0.4, 0.5) is 5.69 Å². The lowest BCUT2D eigenvalue weighted by atomic mass is 10.1. The number of nitrogens with zero attached hydrogens (tertiary/aromatic N) is 3. The Morgan fingerprint density at radius 2 is 1.83 bits per heavy atom. The second kappa shape index (κ2) is 5.96. The van der Waals surface area contributed by atoms with Gasteiger partial charge in [0, 0.05) is 24.3 Å². The first-order valence-electron chi connectivity index (χ1n) is 7.76. The molecule has 1 amide bonds. The molecule has 0 spiro atoms. The normalized spacial score (nSPS) is 11.0. The fourth-order valence-electron chi connectivity index (χ4n) is 3.02. The third-order valence-corrected chi connectivity index (χ3v) is 3.97. The molecule has 3 aromatic rings. The molecule has 24 heavy (non-hydrogen) atoms. The second-order valence-corrected chi connectivity index (χ2v) is 6.14. The molecule has 1 aromatic carbocycles. The Labute approximate surface area is 139 Å². The van der Waals surface area contributed by atoms with Gasteiger partial charge in [0.1, 0.15) is 12.1 Å². The molecule has 0 aliphatic heterocycles. The first-order valence-corrected chi connectivity index (χ1v) is 7.76. The monoisotopic (exact) mass is 324 g/mol. The van der Waals surface area contributed by atoms with Crippen LogP contribution < -0.4 is 10.9 Å². The molecule has 0 saturated carbocycles. The average molecular weight is 324 g/mol. The number of carbonyl (C=O) groups excluding carboxylic acids is 1. The van der Waals surface area contributed by atoms with Crippen LogP contribution in [0, 0.1) is 20.8 Å². The number of carbonyl (C=O) groups is 1. The van der Waals surface area contributed by atoms with E-state index < -0.39 is 0 Å². The van der Waals surface area contributed by atoms with E-state index in [-0.39, 0.29) is 18.0 Å². The molecule has 0 bridgehead atoms. The van der Waals surface area contributed by atoms with Gasteiger partial charge in [0.2, 0.25) is 5.91 Å². The summed E-state index contributed by atoms with van der Waals surface area (Å²) >= 11 is 0. The fraction of sp³-hybridized carbons (Fsp3) is 0.278. The maximum atomic E-state index is 12.6. The Bertz CT molecular complexity index is 978. The molecule has 1 N–H and O–H groups in total. The smallest absolute Gasteiger partial charge is 0.277 e. The predicted octanol–water partition coefficient (Wildman–Crippen LogP) is 2.30. The summed E-state index contributed by atoms with van der Waals surface area (Å²) in [6.45, 7) is 5.78. The number of aryl methyl sites for hydroxylation is 4. The summed E-state index contributed by atoms with van der Waals surface area (Å²) in [6.07, 6.45) is 1.64. The molecule has 124 valence electrons. The van der Waals surface area contributed by atoms with E-state index in [9.17, 15) is 9.59 Å². The third-order valence-electron chi connectivity index (χ3n) is 3.97. The number of hydrogen-bond acceptors (Lipinski definition) is 3. The lowest BCUT2D eigenvalue weighted by Crippen LogP contribution is -2.28. The number of rotatable bonds is 3. The Kier molecular flexibility index (Phi) is 3.97. The second-order valence-electron chi connectivity index (χ2n) is 6.14. The van der Waals surface area contributed by atoms with Gasteiger partial charge in [0.25, 0.3) is 5.56 Å². The summed E-state index contributed by atoms with van der Waals surface area (Å²) in [5.41, 5.74) is 3.99. The van der Waals surface area contributed by atoms with Crippen molar-refractivity contribution in [2.24, 2.45) is 7.05 Å². The van der Waals surface area contributed by atoms with Crippen molar-refractivity contribution >= 4 is 22.5 Å². The van der Waals surface area contributed by atoms with Crippen molar-refractivity contribution in [3.63, 3.8) is 0 Å². The number of aromatic nitrogens is 3. The number of pyridine rings is 1. The van der Waals surface area contributed by atoms with Crippen molar-refractivity contribution < 1.29 is 4.79 Å². The summed E-state index contributed by atoms with van der Waals surface area (Å²) in [4.78, 5) is 24.9. The van der Waals surface area contributed by atoms with E-state index >= 15 is 0 Å².